The van der Waals surface area contributed by atoms with Crippen molar-refractivity contribution in [3.8, 4) is 0 Å². The highest BCUT2D eigenvalue weighted by Crippen LogP contribution is 2.35. The Morgan fingerprint density at radius 1 is 1.22 bits per heavy atom. The summed E-state index contributed by atoms with van der Waals surface area (Å²) in [5.41, 5.74) is 12.8. The zero-order chi connectivity index (χ0) is 14.8. The lowest BCUT2D eigenvalue weighted by Gasteiger charge is -2.33. The van der Waals surface area contributed by atoms with Crippen LogP contribution in [0.2, 0.25) is 0 Å². The number of halogens is 2. The molecule has 0 atom stereocenters. The Morgan fingerprint density at radius 2 is 1.87 bits per heavy atom. The van der Waals surface area contributed by atoms with Crippen LogP contribution in [0.1, 0.15) is 37.3 Å². The number of hydrogen-bond donors (Lipinski definition) is 2. The van der Waals surface area contributed by atoms with E-state index in [2.05, 4.69) is 28.0 Å². The van der Waals surface area contributed by atoms with Crippen molar-refractivity contribution in [2.75, 3.05) is 37.4 Å². The van der Waals surface area contributed by atoms with Crippen LogP contribution in [0.5, 0.6) is 0 Å². The molecule has 1 aliphatic carbocycles. The molecule has 1 saturated heterocycles. The average Bonchev–Trinajstić information content (AvgIpc) is 2.44. The van der Waals surface area contributed by atoms with Gasteiger partial charge >= 0.3 is 0 Å². The number of ether oxygens (including phenoxy) is 1. The minimum Gasteiger partial charge on any atom is -0.381 e. The molecule has 4 N–H and O–H groups in total. The Balaban J connectivity index is 0.00000132. The minimum absolute atomic E-state index is 0. The third-order valence-corrected chi connectivity index (χ3v) is 4.61. The number of rotatable bonds is 4. The summed E-state index contributed by atoms with van der Waals surface area (Å²) in [6.07, 6.45) is 4.24. The highest BCUT2D eigenvalue weighted by Gasteiger charge is 2.29. The fourth-order valence-electron chi connectivity index (χ4n) is 3.19. The largest absolute Gasteiger partial charge is 0.381 e. The molecule has 8 heteroatoms. The first kappa shape index (κ1) is 20.2. The number of nitrogen functional groups attached to an aromatic ring is 1. The molecule has 0 spiro atoms. The van der Waals surface area contributed by atoms with Crippen molar-refractivity contribution in [1.82, 2.24) is 9.97 Å². The SMILES string of the molecule is CN(CC1CCOCC1)c1cc(C2CC(N)C2)nc(N)n1.Cl.Cl. The molecule has 6 nitrogen and oxygen atoms in total. The summed E-state index contributed by atoms with van der Waals surface area (Å²) >= 11 is 0. The molecule has 2 fully saturated rings. The monoisotopic (exact) mass is 363 g/mol. The molecule has 0 aromatic carbocycles. The lowest BCUT2D eigenvalue weighted by Crippen LogP contribution is -2.35. The standard InChI is InChI=1S/C15H25N5O.2ClH/c1-20(9-10-2-4-21-5-3-10)14-8-13(18-15(17)19-14)11-6-12(16)7-11;;/h8,10-12H,2-7,9,16H2,1H3,(H2,17,18,19);2*1H. The Labute approximate surface area is 150 Å². The van der Waals surface area contributed by atoms with Gasteiger partial charge in [0.05, 0.1) is 5.69 Å². The van der Waals surface area contributed by atoms with Gasteiger partial charge in [-0.1, -0.05) is 0 Å². The molecule has 1 aromatic heterocycles. The molecule has 1 aliphatic heterocycles. The van der Waals surface area contributed by atoms with Gasteiger partial charge in [-0.3, -0.25) is 0 Å². The van der Waals surface area contributed by atoms with Gasteiger partial charge in [-0.2, -0.15) is 4.98 Å². The van der Waals surface area contributed by atoms with E-state index in [0.29, 0.717) is 23.8 Å². The van der Waals surface area contributed by atoms with Gasteiger partial charge < -0.3 is 21.1 Å². The van der Waals surface area contributed by atoms with Gasteiger partial charge in [0.25, 0.3) is 0 Å². The third-order valence-electron chi connectivity index (χ3n) is 4.61. The van der Waals surface area contributed by atoms with E-state index >= 15 is 0 Å². The summed E-state index contributed by atoms with van der Waals surface area (Å²) in [5, 5.41) is 0. The van der Waals surface area contributed by atoms with Gasteiger partial charge in [0.1, 0.15) is 5.82 Å². The summed E-state index contributed by atoms with van der Waals surface area (Å²) in [6.45, 7) is 2.73. The van der Waals surface area contributed by atoms with Crippen LogP contribution in [0.4, 0.5) is 11.8 Å². The van der Waals surface area contributed by atoms with Crippen LogP contribution in [0, 0.1) is 5.92 Å². The maximum absolute atomic E-state index is 5.88. The van der Waals surface area contributed by atoms with Gasteiger partial charge in [-0.05, 0) is 31.6 Å². The van der Waals surface area contributed by atoms with Crippen molar-refractivity contribution in [2.24, 2.45) is 11.7 Å². The van der Waals surface area contributed by atoms with Crippen molar-refractivity contribution in [3.63, 3.8) is 0 Å². The van der Waals surface area contributed by atoms with Crippen molar-refractivity contribution in [1.29, 1.82) is 0 Å². The van der Waals surface area contributed by atoms with Gasteiger partial charge in [-0.25, -0.2) is 4.98 Å². The number of nitrogens with zero attached hydrogens (tertiary/aromatic N) is 3. The smallest absolute Gasteiger partial charge is 0.222 e. The predicted molar refractivity (Wildman–Crippen MR) is 97.7 cm³/mol. The first-order valence-electron chi connectivity index (χ1n) is 7.80. The lowest BCUT2D eigenvalue weighted by molar-refractivity contribution is 0.0685. The molecule has 3 rings (SSSR count). The summed E-state index contributed by atoms with van der Waals surface area (Å²) in [7, 11) is 2.08. The van der Waals surface area contributed by atoms with Crippen molar-refractivity contribution in [3.05, 3.63) is 11.8 Å². The van der Waals surface area contributed by atoms with E-state index in [9.17, 15) is 0 Å². The molecule has 132 valence electrons. The maximum Gasteiger partial charge on any atom is 0.222 e. The Kier molecular flexibility index (Phi) is 7.80. The van der Waals surface area contributed by atoms with E-state index in [0.717, 1.165) is 57.0 Å². The minimum atomic E-state index is 0. The molecular formula is C15H27Cl2N5O. The van der Waals surface area contributed by atoms with Gasteiger partial charge in [0.2, 0.25) is 5.95 Å². The normalized spacial score (nSPS) is 24.1. The molecule has 1 saturated carbocycles. The highest BCUT2D eigenvalue weighted by molar-refractivity contribution is 5.85. The number of aromatic nitrogens is 2. The molecule has 0 unspecified atom stereocenters. The third kappa shape index (κ3) is 5.08. The summed E-state index contributed by atoms with van der Waals surface area (Å²) in [6, 6.07) is 2.39. The van der Waals surface area contributed by atoms with Crippen LogP contribution in [0.3, 0.4) is 0 Å². The maximum atomic E-state index is 5.88. The molecule has 0 radical (unpaired) electrons. The van der Waals surface area contributed by atoms with Crippen LogP contribution >= 0.6 is 24.8 Å². The Bertz CT molecular complexity index is 493. The fraction of sp³-hybridized carbons (Fsp3) is 0.733. The number of nitrogens with two attached hydrogens (primary N) is 2. The zero-order valence-corrected chi connectivity index (χ0v) is 15.1. The van der Waals surface area contributed by atoms with Crippen molar-refractivity contribution in [2.45, 2.75) is 37.6 Å². The predicted octanol–water partition coefficient (Wildman–Crippen LogP) is 1.97. The first-order chi connectivity index (χ1) is 10.1. The van der Waals surface area contributed by atoms with E-state index in [4.69, 9.17) is 16.2 Å². The summed E-state index contributed by atoms with van der Waals surface area (Å²) in [4.78, 5) is 11.0. The van der Waals surface area contributed by atoms with E-state index in [1.165, 1.54) is 0 Å². The quantitative estimate of drug-likeness (QED) is 0.849. The van der Waals surface area contributed by atoms with Gasteiger partial charge in [0.15, 0.2) is 0 Å². The Morgan fingerprint density at radius 3 is 2.48 bits per heavy atom. The molecule has 0 bridgehead atoms. The second kappa shape index (κ2) is 8.87. The van der Waals surface area contributed by atoms with E-state index < -0.39 is 0 Å². The highest BCUT2D eigenvalue weighted by atomic mass is 35.5. The van der Waals surface area contributed by atoms with Crippen LogP contribution < -0.4 is 16.4 Å². The molecule has 0 amide bonds. The molecular weight excluding hydrogens is 337 g/mol. The van der Waals surface area contributed by atoms with Gasteiger partial charge in [-0.15, -0.1) is 24.8 Å². The fourth-order valence-corrected chi connectivity index (χ4v) is 3.19. The van der Waals surface area contributed by atoms with E-state index in [-0.39, 0.29) is 24.8 Å². The van der Waals surface area contributed by atoms with Crippen molar-refractivity contribution < 1.29 is 4.74 Å². The van der Waals surface area contributed by atoms with Crippen LogP contribution in [-0.2, 0) is 4.74 Å². The summed E-state index contributed by atoms with van der Waals surface area (Å²) in [5.74, 6) is 2.40. The zero-order valence-electron chi connectivity index (χ0n) is 13.5. The average molecular weight is 364 g/mol. The van der Waals surface area contributed by atoms with Crippen molar-refractivity contribution >= 4 is 36.6 Å². The van der Waals surface area contributed by atoms with Crippen LogP contribution in [0.15, 0.2) is 6.07 Å². The van der Waals surface area contributed by atoms with E-state index in [1.54, 1.807) is 0 Å². The first-order valence-corrected chi connectivity index (χ1v) is 7.80. The summed E-state index contributed by atoms with van der Waals surface area (Å²) < 4.78 is 5.41. The molecule has 2 heterocycles. The molecule has 1 aromatic rings. The number of anilines is 2. The topological polar surface area (TPSA) is 90.3 Å². The second-order valence-corrected chi connectivity index (χ2v) is 6.37. The molecule has 23 heavy (non-hydrogen) atoms. The van der Waals surface area contributed by atoms with Crippen LogP contribution in [-0.4, -0.2) is 42.8 Å². The van der Waals surface area contributed by atoms with Crippen LogP contribution in [0.25, 0.3) is 0 Å². The number of hydrogen-bond acceptors (Lipinski definition) is 6. The van der Waals surface area contributed by atoms with Gasteiger partial charge in [0, 0.05) is 44.8 Å². The van der Waals surface area contributed by atoms with E-state index in [1.807, 2.05) is 0 Å². The Hall–Kier alpha value is -0.820. The molecule has 2 aliphatic rings. The second-order valence-electron chi connectivity index (χ2n) is 6.37. The lowest BCUT2D eigenvalue weighted by atomic mass is 9.78.